The largest absolute Gasteiger partial charge is 0.497 e. The lowest BCUT2D eigenvalue weighted by Crippen LogP contribution is -2.17. The number of carbonyl (C=O) groups is 1. The zero-order valence-electron chi connectivity index (χ0n) is 11.2. The van der Waals surface area contributed by atoms with E-state index in [1.165, 1.54) is 19.3 Å². The molecular weight excluding hydrogens is 238 g/mol. The molecule has 0 amide bonds. The number of methoxy groups -OCH3 is 1. The van der Waals surface area contributed by atoms with E-state index in [9.17, 15) is 4.79 Å². The second-order valence-electron chi connectivity index (χ2n) is 5.31. The summed E-state index contributed by atoms with van der Waals surface area (Å²) in [6.45, 7) is 0. The Kier molecular flexibility index (Phi) is 3.28. The van der Waals surface area contributed by atoms with Gasteiger partial charge in [-0.05, 0) is 25.0 Å². The Balaban J connectivity index is 1.93. The maximum absolute atomic E-state index is 12.6. The minimum Gasteiger partial charge on any atom is -0.497 e. The maximum Gasteiger partial charge on any atom is 0.168 e. The number of hydrogen-bond donors (Lipinski definition) is 1. The number of hydrogen-bond acceptors (Lipinski definition) is 2. The van der Waals surface area contributed by atoms with Gasteiger partial charge in [-0.2, -0.15) is 0 Å². The molecule has 0 aliphatic heterocycles. The summed E-state index contributed by atoms with van der Waals surface area (Å²) < 4.78 is 5.20. The quantitative estimate of drug-likeness (QED) is 0.846. The molecule has 100 valence electrons. The topological polar surface area (TPSA) is 42.1 Å². The van der Waals surface area contributed by atoms with E-state index in [1.54, 1.807) is 7.11 Å². The van der Waals surface area contributed by atoms with Gasteiger partial charge in [-0.3, -0.25) is 4.79 Å². The Morgan fingerprint density at radius 2 is 2.05 bits per heavy atom. The molecule has 0 spiro atoms. The van der Waals surface area contributed by atoms with Gasteiger partial charge in [0.1, 0.15) is 5.75 Å². The van der Waals surface area contributed by atoms with Crippen LogP contribution in [0.1, 0.15) is 42.5 Å². The van der Waals surface area contributed by atoms with E-state index in [0.717, 1.165) is 35.1 Å². The molecule has 2 aromatic rings. The average Bonchev–Trinajstić information content (AvgIpc) is 2.90. The minimum absolute atomic E-state index is 0.217. The van der Waals surface area contributed by atoms with Crippen LogP contribution in [0.4, 0.5) is 0 Å². The molecule has 1 aliphatic carbocycles. The monoisotopic (exact) mass is 257 g/mol. The van der Waals surface area contributed by atoms with Crippen molar-refractivity contribution in [2.24, 2.45) is 5.92 Å². The third-order valence-corrected chi connectivity index (χ3v) is 4.13. The van der Waals surface area contributed by atoms with Crippen molar-refractivity contribution in [3.05, 3.63) is 30.0 Å². The fourth-order valence-corrected chi connectivity index (χ4v) is 3.02. The van der Waals surface area contributed by atoms with Gasteiger partial charge in [-0.1, -0.05) is 19.3 Å². The predicted molar refractivity (Wildman–Crippen MR) is 75.8 cm³/mol. The van der Waals surface area contributed by atoms with E-state index < -0.39 is 0 Å². The van der Waals surface area contributed by atoms with Crippen LogP contribution in [0.2, 0.25) is 0 Å². The first kappa shape index (κ1) is 12.3. The second kappa shape index (κ2) is 5.08. The SMILES string of the molecule is COc1ccc2c(C(=O)C3CCCCC3)c[nH]c2c1. The zero-order valence-corrected chi connectivity index (χ0v) is 11.2. The van der Waals surface area contributed by atoms with Crippen molar-refractivity contribution in [3.8, 4) is 5.75 Å². The molecule has 1 aliphatic rings. The number of fused-ring (bicyclic) bond motifs is 1. The van der Waals surface area contributed by atoms with E-state index >= 15 is 0 Å². The fraction of sp³-hybridized carbons (Fsp3) is 0.438. The molecule has 1 fully saturated rings. The number of aromatic nitrogens is 1. The molecule has 1 N–H and O–H groups in total. The van der Waals surface area contributed by atoms with Gasteiger partial charge in [0.15, 0.2) is 5.78 Å². The highest BCUT2D eigenvalue weighted by molar-refractivity contribution is 6.09. The first-order valence-electron chi connectivity index (χ1n) is 6.99. The lowest BCUT2D eigenvalue weighted by Gasteiger charge is -2.19. The van der Waals surface area contributed by atoms with Crippen molar-refractivity contribution in [3.63, 3.8) is 0 Å². The van der Waals surface area contributed by atoms with E-state index in [1.807, 2.05) is 24.4 Å². The van der Waals surface area contributed by atoms with Crippen molar-refractivity contribution in [2.45, 2.75) is 32.1 Å². The van der Waals surface area contributed by atoms with Crippen LogP contribution in [0.5, 0.6) is 5.75 Å². The highest BCUT2D eigenvalue weighted by atomic mass is 16.5. The van der Waals surface area contributed by atoms with Crippen LogP contribution in [-0.4, -0.2) is 17.9 Å². The number of Topliss-reactive ketones (excluding diaryl/α,β-unsaturated/α-hetero) is 1. The summed E-state index contributed by atoms with van der Waals surface area (Å²) in [5, 5.41) is 1.01. The van der Waals surface area contributed by atoms with E-state index in [4.69, 9.17) is 4.74 Å². The van der Waals surface area contributed by atoms with E-state index in [0.29, 0.717) is 5.78 Å². The van der Waals surface area contributed by atoms with Crippen LogP contribution in [0.25, 0.3) is 10.9 Å². The summed E-state index contributed by atoms with van der Waals surface area (Å²) in [4.78, 5) is 15.8. The molecule has 1 heterocycles. The van der Waals surface area contributed by atoms with Crippen molar-refractivity contribution < 1.29 is 9.53 Å². The molecule has 1 aromatic carbocycles. The predicted octanol–water partition coefficient (Wildman–Crippen LogP) is 3.94. The van der Waals surface area contributed by atoms with Gasteiger partial charge in [0.25, 0.3) is 0 Å². The third kappa shape index (κ3) is 2.25. The molecule has 1 saturated carbocycles. The molecule has 0 bridgehead atoms. The molecule has 1 aromatic heterocycles. The van der Waals surface area contributed by atoms with Crippen LogP contribution >= 0.6 is 0 Å². The van der Waals surface area contributed by atoms with Crippen LogP contribution in [-0.2, 0) is 0 Å². The number of H-pyrrole nitrogens is 1. The summed E-state index contributed by atoms with van der Waals surface area (Å²) >= 11 is 0. The van der Waals surface area contributed by atoms with E-state index in [-0.39, 0.29) is 5.92 Å². The highest BCUT2D eigenvalue weighted by Crippen LogP contribution is 2.30. The van der Waals surface area contributed by atoms with Crippen molar-refractivity contribution in [1.29, 1.82) is 0 Å². The van der Waals surface area contributed by atoms with Gasteiger partial charge in [0, 0.05) is 34.6 Å². The Morgan fingerprint density at radius 1 is 1.26 bits per heavy atom. The van der Waals surface area contributed by atoms with Gasteiger partial charge < -0.3 is 9.72 Å². The highest BCUT2D eigenvalue weighted by Gasteiger charge is 2.24. The maximum atomic E-state index is 12.6. The molecule has 0 atom stereocenters. The fourth-order valence-electron chi connectivity index (χ4n) is 3.02. The Labute approximate surface area is 113 Å². The van der Waals surface area contributed by atoms with Crippen LogP contribution in [0, 0.1) is 5.92 Å². The number of ether oxygens (including phenoxy) is 1. The van der Waals surface area contributed by atoms with Gasteiger partial charge in [0.05, 0.1) is 7.11 Å². The Morgan fingerprint density at radius 3 is 2.79 bits per heavy atom. The Hall–Kier alpha value is -1.77. The van der Waals surface area contributed by atoms with Crippen LogP contribution in [0.3, 0.4) is 0 Å². The first-order valence-corrected chi connectivity index (χ1v) is 6.99. The van der Waals surface area contributed by atoms with Crippen molar-refractivity contribution in [1.82, 2.24) is 4.98 Å². The van der Waals surface area contributed by atoms with Gasteiger partial charge in [0.2, 0.25) is 0 Å². The molecule has 3 heteroatoms. The van der Waals surface area contributed by atoms with Crippen LogP contribution < -0.4 is 4.74 Å². The lowest BCUT2D eigenvalue weighted by molar-refractivity contribution is 0.0891. The summed E-state index contributed by atoms with van der Waals surface area (Å²) in [6.07, 6.45) is 7.58. The summed E-state index contributed by atoms with van der Waals surface area (Å²) in [5.41, 5.74) is 1.81. The van der Waals surface area contributed by atoms with Crippen molar-refractivity contribution in [2.75, 3.05) is 7.11 Å². The van der Waals surface area contributed by atoms with E-state index in [2.05, 4.69) is 4.98 Å². The lowest BCUT2D eigenvalue weighted by atomic mass is 9.84. The molecule has 0 unspecified atom stereocenters. The molecule has 0 radical (unpaired) electrons. The number of nitrogens with one attached hydrogen (secondary N) is 1. The molecule has 19 heavy (non-hydrogen) atoms. The molecule has 0 saturated heterocycles. The summed E-state index contributed by atoms with van der Waals surface area (Å²) in [6, 6.07) is 5.82. The summed E-state index contributed by atoms with van der Waals surface area (Å²) in [7, 11) is 1.65. The number of carbonyl (C=O) groups excluding carboxylic acids is 1. The number of ketones is 1. The van der Waals surface area contributed by atoms with Crippen LogP contribution in [0.15, 0.2) is 24.4 Å². The molecule has 3 rings (SSSR count). The number of benzene rings is 1. The molecular formula is C16H19NO2. The van der Waals surface area contributed by atoms with Gasteiger partial charge in [-0.15, -0.1) is 0 Å². The second-order valence-corrected chi connectivity index (χ2v) is 5.31. The first-order chi connectivity index (χ1) is 9.29. The summed E-state index contributed by atoms with van der Waals surface area (Å²) in [5.74, 6) is 1.33. The Bertz CT molecular complexity index is 594. The molecule has 3 nitrogen and oxygen atoms in total. The van der Waals surface area contributed by atoms with Gasteiger partial charge in [-0.25, -0.2) is 0 Å². The van der Waals surface area contributed by atoms with Gasteiger partial charge >= 0.3 is 0 Å². The zero-order chi connectivity index (χ0) is 13.2. The normalized spacial score (nSPS) is 16.7. The number of rotatable bonds is 3. The standard InChI is InChI=1S/C16H19NO2/c1-19-12-7-8-13-14(10-17-15(13)9-12)16(18)11-5-3-2-4-6-11/h7-11,17H,2-6H2,1H3. The smallest absolute Gasteiger partial charge is 0.168 e. The van der Waals surface area contributed by atoms with Crippen molar-refractivity contribution >= 4 is 16.7 Å². The minimum atomic E-state index is 0.217. The number of aromatic amines is 1. The average molecular weight is 257 g/mol. The third-order valence-electron chi connectivity index (χ3n) is 4.13.